The van der Waals surface area contributed by atoms with Gasteiger partial charge in [0.1, 0.15) is 11.4 Å². The number of H-pyrrole nitrogens is 1. The Hall–Kier alpha value is -2.60. The van der Waals surface area contributed by atoms with Gasteiger partial charge in [-0.05, 0) is 30.0 Å². The van der Waals surface area contributed by atoms with E-state index in [9.17, 15) is 4.79 Å². The van der Waals surface area contributed by atoms with Gasteiger partial charge in [0.2, 0.25) is 0 Å². The Morgan fingerprint density at radius 1 is 1.29 bits per heavy atom. The molecule has 2 aromatic heterocycles. The molecule has 0 unspecified atom stereocenters. The highest BCUT2D eigenvalue weighted by Gasteiger charge is 2.20. The maximum absolute atomic E-state index is 12.5. The summed E-state index contributed by atoms with van der Waals surface area (Å²) in [6.45, 7) is 2.09. The number of ether oxygens (including phenoxy) is 1. The van der Waals surface area contributed by atoms with Gasteiger partial charge < -0.3 is 10.1 Å². The van der Waals surface area contributed by atoms with Gasteiger partial charge in [0, 0.05) is 5.56 Å². The van der Waals surface area contributed by atoms with Gasteiger partial charge in [-0.3, -0.25) is 9.89 Å². The Bertz CT molecular complexity index is 825. The highest BCUT2D eigenvalue weighted by Crippen LogP contribution is 2.35. The molecule has 3 rings (SSSR count). The number of nitrogens with zero attached hydrogens (tertiary/aromatic N) is 1. The van der Waals surface area contributed by atoms with E-state index in [2.05, 4.69) is 22.4 Å². The first-order valence-corrected chi connectivity index (χ1v) is 8.68. The molecule has 2 heterocycles. The van der Waals surface area contributed by atoms with Gasteiger partial charge in [0.15, 0.2) is 0 Å². The van der Waals surface area contributed by atoms with Gasteiger partial charge >= 0.3 is 0 Å². The summed E-state index contributed by atoms with van der Waals surface area (Å²) < 4.78 is 5.44. The van der Waals surface area contributed by atoms with Gasteiger partial charge in [-0.25, -0.2) is 0 Å². The number of rotatable bonds is 6. The van der Waals surface area contributed by atoms with E-state index >= 15 is 0 Å². The first-order valence-electron chi connectivity index (χ1n) is 7.80. The number of hydrogen-bond donors (Lipinski definition) is 2. The number of thiophene rings is 1. The van der Waals surface area contributed by atoms with Crippen LogP contribution in [0.4, 0.5) is 5.69 Å². The Balaban J connectivity index is 2.02. The molecule has 0 saturated carbocycles. The number of aromatic nitrogens is 2. The second-order valence-corrected chi connectivity index (χ2v) is 6.26. The maximum atomic E-state index is 12.5. The molecular formula is C18H19N3O2S. The van der Waals surface area contributed by atoms with Crippen LogP contribution in [0.3, 0.4) is 0 Å². The summed E-state index contributed by atoms with van der Waals surface area (Å²) in [6.07, 6.45) is 1.76. The Kier molecular flexibility index (Phi) is 4.96. The van der Waals surface area contributed by atoms with Crippen molar-refractivity contribution < 1.29 is 9.53 Å². The van der Waals surface area contributed by atoms with Crippen LogP contribution in [0.5, 0.6) is 5.75 Å². The van der Waals surface area contributed by atoms with Crippen LogP contribution in [0.1, 0.15) is 28.7 Å². The number of carbonyl (C=O) groups is 1. The molecule has 124 valence electrons. The molecule has 2 N–H and O–H groups in total. The quantitative estimate of drug-likeness (QED) is 0.700. The first kappa shape index (κ1) is 16.3. The van der Waals surface area contributed by atoms with Crippen molar-refractivity contribution in [1.29, 1.82) is 0 Å². The molecule has 0 fully saturated rings. The van der Waals surface area contributed by atoms with Crippen LogP contribution in [0, 0.1) is 0 Å². The minimum atomic E-state index is -0.125. The number of carbonyl (C=O) groups excluding carboxylic acids is 1. The van der Waals surface area contributed by atoms with Crippen molar-refractivity contribution in [2.45, 2.75) is 19.8 Å². The lowest BCUT2D eigenvalue weighted by Crippen LogP contribution is -2.12. The van der Waals surface area contributed by atoms with E-state index in [1.165, 1.54) is 11.3 Å². The number of aryl methyl sites for hydroxylation is 1. The van der Waals surface area contributed by atoms with Gasteiger partial charge in [-0.1, -0.05) is 31.5 Å². The van der Waals surface area contributed by atoms with E-state index in [0.29, 0.717) is 10.6 Å². The van der Waals surface area contributed by atoms with E-state index in [1.807, 2.05) is 41.8 Å². The van der Waals surface area contributed by atoms with Crippen molar-refractivity contribution in [3.05, 3.63) is 52.3 Å². The predicted octanol–water partition coefficient (Wildman–Crippen LogP) is 4.35. The van der Waals surface area contributed by atoms with Crippen LogP contribution < -0.4 is 10.1 Å². The van der Waals surface area contributed by atoms with E-state index < -0.39 is 0 Å². The predicted molar refractivity (Wildman–Crippen MR) is 96.8 cm³/mol. The number of anilines is 1. The molecular weight excluding hydrogens is 322 g/mol. The molecule has 5 nitrogen and oxygen atoms in total. The van der Waals surface area contributed by atoms with Gasteiger partial charge in [-0.15, -0.1) is 11.3 Å². The Morgan fingerprint density at radius 2 is 2.12 bits per heavy atom. The lowest BCUT2D eigenvalue weighted by atomic mass is 10.1. The number of amides is 1. The van der Waals surface area contributed by atoms with Crippen molar-refractivity contribution in [2.24, 2.45) is 0 Å². The topological polar surface area (TPSA) is 67.0 Å². The van der Waals surface area contributed by atoms with Crippen LogP contribution in [-0.4, -0.2) is 23.2 Å². The summed E-state index contributed by atoms with van der Waals surface area (Å²) in [5, 5.41) is 12.4. The van der Waals surface area contributed by atoms with Crippen LogP contribution >= 0.6 is 11.3 Å². The molecule has 0 atom stereocenters. The number of para-hydroxylation sites is 1. The Labute approximate surface area is 144 Å². The molecule has 0 aliphatic heterocycles. The zero-order valence-electron chi connectivity index (χ0n) is 13.6. The molecule has 0 spiro atoms. The van der Waals surface area contributed by atoms with Crippen LogP contribution in [0.25, 0.3) is 11.3 Å². The third kappa shape index (κ3) is 3.19. The summed E-state index contributed by atoms with van der Waals surface area (Å²) >= 11 is 1.41. The molecule has 3 aromatic rings. The normalized spacial score (nSPS) is 10.6. The van der Waals surface area contributed by atoms with Crippen LogP contribution in [-0.2, 0) is 6.42 Å². The maximum Gasteiger partial charge on any atom is 0.265 e. The zero-order chi connectivity index (χ0) is 16.9. The first-order chi connectivity index (χ1) is 11.7. The fourth-order valence-electron chi connectivity index (χ4n) is 2.56. The third-order valence-electron chi connectivity index (χ3n) is 3.69. The summed E-state index contributed by atoms with van der Waals surface area (Å²) in [6, 6.07) is 11.3. The summed E-state index contributed by atoms with van der Waals surface area (Å²) in [5.74, 6) is 0.596. The standard InChI is InChI=1S/C18H19N3O2S/c1-3-7-13-17(19-18(22)15-10-6-11-24-15)16(21-20-13)12-8-4-5-9-14(12)23-2/h4-6,8-11H,3,7H2,1-2H3,(H,19,22)(H,20,21). The van der Waals surface area contributed by atoms with Gasteiger partial charge in [-0.2, -0.15) is 5.10 Å². The minimum Gasteiger partial charge on any atom is -0.496 e. The molecule has 0 saturated heterocycles. The number of methoxy groups -OCH3 is 1. The SMILES string of the molecule is CCCc1[nH]nc(-c2ccccc2OC)c1NC(=O)c1cccs1. The number of nitrogens with one attached hydrogen (secondary N) is 2. The van der Waals surface area contributed by atoms with Crippen molar-refractivity contribution in [3.8, 4) is 17.0 Å². The fourth-order valence-corrected chi connectivity index (χ4v) is 3.18. The molecule has 0 aliphatic rings. The van der Waals surface area contributed by atoms with Crippen molar-refractivity contribution in [2.75, 3.05) is 12.4 Å². The average Bonchev–Trinajstić information content (AvgIpc) is 3.26. The largest absolute Gasteiger partial charge is 0.496 e. The zero-order valence-corrected chi connectivity index (χ0v) is 14.4. The van der Waals surface area contributed by atoms with E-state index in [0.717, 1.165) is 35.5 Å². The van der Waals surface area contributed by atoms with E-state index in [4.69, 9.17) is 4.74 Å². The molecule has 1 aromatic carbocycles. The molecule has 0 bridgehead atoms. The van der Waals surface area contributed by atoms with Crippen LogP contribution in [0.2, 0.25) is 0 Å². The van der Waals surface area contributed by atoms with Crippen molar-refractivity contribution in [3.63, 3.8) is 0 Å². The minimum absolute atomic E-state index is 0.125. The lowest BCUT2D eigenvalue weighted by Gasteiger charge is -2.10. The Morgan fingerprint density at radius 3 is 2.83 bits per heavy atom. The number of aromatic amines is 1. The summed E-state index contributed by atoms with van der Waals surface area (Å²) in [7, 11) is 1.63. The molecule has 1 amide bonds. The smallest absolute Gasteiger partial charge is 0.265 e. The molecule has 0 radical (unpaired) electrons. The monoisotopic (exact) mass is 341 g/mol. The van der Waals surface area contributed by atoms with Crippen LogP contribution in [0.15, 0.2) is 41.8 Å². The second kappa shape index (κ2) is 7.31. The van der Waals surface area contributed by atoms with E-state index in [1.54, 1.807) is 7.11 Å². The van der Waals surface area contributed by atoms with Gasteiger partial charge in [0.25, 0.3) is 5.91 Å². The molecule has 24 heavy (non-hydrogen) atoms. The van der Waals surface area contributed by atoms with Crippen molar-refractivity contribution >= 4 is 22.9 Å². The van der Waals surface area contributed by atoms with Crippen molar-refractivity contribution in [1.82, 2.24) is 10.2 Å². The lowest BCUT2D eigenvalue weighted by molar-refractivity contribution is 0.103. The summed E-state index contributed by atoms with van der Waals surface area (Å²) in [4.78, 5) is 13.2. The molecule has 6 heteroatoms. The molecule has 0 aliphatic carbocycles. The fraction of sp³-hybridized carbons (Fsp3) is 0.222. The van der Waals surface area contributed by atoms with Gasteiger partial charge in [0.05, 0.1) is 23.4 Å². The second-order valence-electron chi connectivity index (χ2n) is 5.31. The third-order valence-corrected chi connectivity index (χ3v) is 4.56. The highest BCUT2D eigenvalue weighted by atomic mass is 32.1. The van der Waals surface area contributed by atoms with E-state index in [-0.39, 0.29) is 5.91 Å². The number of benzene rings is 1. The average molecular weight is 341 g/mol. The summed E-state index contributed by atoms with van der Waals surface area (Å²) in [5.41, 5.74) is 3.18. The number of hydrogen-bond acceptors (Lipinski definition) is 4. The highest BCUT2D eigenvalue weighted by molar-refractivity contribution is 7.12.